The standard InChI is InChI=1S/C17H19F3N2O2/c1-3-22(10-11(2)9-21)16(23)14-8-13(14)12-6-4-5-7-15(12)24-17(18,19)20/h4-7,11,13-14H,3,8,10H2,1-2H3/t11-,13+,14+/m1/s1. The normalized spacial score (nSPS) is 20.8. The van der Waals surface area contributed by atoms with E-state index in [4.69, 9.17) is 5.26 Å². The van der Waals surface area contributed by atoms with E-state index < -0.39 is 6.36 Å². The summed E-state index contributed by atoms with van der Waals surface area (Å²) in [5, 5.41) is 8.88. The quantitative estimate of drug-likeness (QED) is 0.793. The smallest absolute Gasteiger partial charge is 0.405 e. The molecule has 7 heteroatoms. The van der Waals surface area contributed by atoms with Gasteiger partial charge < -0.3 is 9.64 Å². The number of alkyl halides is 3. The van der Waals surface area contributed by atoms with Crippen LogP contribution >= 0.6 is 0 Å². The summed E-state index contributed by atoms with van der Waals surface area (Å²) in [5.74, 6) is -1.28. The largest absolute Gasteiger partial charge is 0.573 e. The zero-order valence-corrected chi connectivity index (χ0v) is 13.5. The van der Waals surface area contributed by atoms with Gasteiger partial charge in [-0.2, -0.15) is 5.26 Å². The molecule has 0 N–H and O–H groups in total. The van der Waals surface area contributed by atoms with Crippen LogP contribution in [0.4, 0.5) is 13.2 Å². The summed E-state index contributed by atoms with van der Waals surface area (Å²) in [5.41, 5.74) is 0.401. The van der Waals surface area contributed by atoms with Gasteiger partial charge >= 0.3 is 6.36 Å². The molecule has 1 amide bonds. The van der Waals surface area contributed by atoms with Crippen molar-refractivity contribution in [3.8, 4) is 11.8 Å². The highest BCUT2D eigenvalue weighted by molar-refractivity contribution is 5.83. The van der Waals surface area contributed by atoms with Crippen molar-refractivity contribution in [1.82, 2.24) is 4.90 Å². The number of carbonyl (C=O) groups is 1. The fourth-order valence-corrected chi connectivity index (χ4v) is 2.80. The molecule has 1 saturated carbocycles. The van der Waals surface area contributed by atoms with Crippen molar-refractivity contribution in [3.63, 3.8) is 0 Å². The molecule has 1 fully saturated rings. The maximum atomic E-state index is 12.5. The van der Waals surface area contributed by atoms with Crippen LogP contribution in [0.5, 0.6) is 5.75 Å². The lowest BCUT2D eigenvalue weighted by Gasteiger charge is -2.22. The van der Waals surface area contributed by atoms with Crippen molar-refractivity contribution in [2.75, 3.05) is 13.1 Å². The molecule has 1 aromatic carbocycles. The van der Waals surface area contributed by atoms with Gasteiger partial charge in [0.15, 0.2) is 0 Å². The Kier molecular flexibility index (Phi) is 5.37. The minimum atomic E-state index is -4.76. The van der Waals surface area contributed by atoms with Crippen molar-refractivity contribution in [1.29, 1.82) is 5.26 Å². The fourth-order valence-electron chi connectivity index (χ4n) is 2.80. The SMILES string of the molecule is CCN(C[C@H](C)C#N)C(=O)[C@H]1C[C@H]1c1ccccc1OC(F)(F)F. The maximum Gasteiger partial charge on any atom is 0.573 e. The number of nitrogens with zero attached hydrogens (tertiary/aromatic N) is 2. The third-order valence-corrected chi connectivity index (χ3v) is 4.06. The first-order valence-electron chi connectivity index (χ1n) is 7.79. The van der Waals surface area contributed by atoms with Gasteiger partial charge in [-0.3, -0.25) is 4.79 Å². The summed E-state index contributed by atoms with van der Waals surface area (Å²) in [7, 11) is 0. The number of amides is 1. The second-order valence-electron chi connectivity index (χ2n) is 5.94. The highest BCUT2D eigenvalue weighted by Gasteiger charge is 2.47. The zero-order chi connectivity index (χ0) is 17.9. The maximum absolute atomic E-state index is 12.5. The number of ether oxygens (including phenoxy) is 1. The Labute approximate surface area is 138 Å². The van der Waals surface area contributed by atoms with Crippen LogP contribution < -0.4 is 4.74 Å². The number of carbonyl (C=O) groups excluding carboxylic acids is 1. The average Bonchev–Trinajstić information content (AvgIpc) is 3.31. The number of nitriles is 1. The van der Waals surface area contributed by atoms with E-state index in [2.05, 4.69) is 10.8 Å². The van der Waals surface area contributed by atoms with Gasteiger partial charge in [0.2, 0.25) is 5.91 Å². The fraction of sp³-hybridized carbons (Fsp3) is 0.529. The molecule has 24 heavy (non-hydrogen) atoms. The monoisotopic (exact) mass is 340 g/mol. The summed E-state index contributed by atoms with van der Waals surface area (Å²) in [6.45, 7) is 4.34. The Bertz CT molecular complexity index is 639. The predicted molar refractivity (Wildman–Crippen MR) is 81.0 cm³/mol. The molecule has 3 atom stereocenters. The van der Waals surface area contributed by atoms with E-state index >= 15 is 0 Å². The van der Waals surface area contributed by atoms with Gasteiger partial charge in [-0.1, -0.05) is 18.2 Å². The minimum Gasteiger partial charge on any atom is -0.405 e. The Balaban J connectivity index is 2.10. The lowest BCUT2D eigenvalue weighted by molar-refractivity contribution is -0.274. The molecular weight excluding hydrogens is 321 g/mol. The van der Waals surface area contributed by atoms with E-state index in [1.165, 1.54) is 12.1 Å². The third-order valence-electron chi connectivity index (χ3n) is 4.06. The van der Waals surface area contributed by atoms with Crippen LogP contribution in [0, 0.1) is 23.2 Å². The van der Waals surface area contributed by atoms with Crippen LogP contribution in [0.3, 0.4) is 0 Å². The first-order chi connectivity index (χ1) is 11.3. The van der Waals surface area contributed by atoms with Crippen molar-refractivity contribution < 1.29 is 22.7 Å². The van der Waals surface area contributed by atoms with Crippen LogP contribution in [0.2, 0.25) is 0 Å². The molecule has 2 rings (SSSR count). The van der Waals surface area contributed by atoms with Crippen LogP contribution in [0.25, 0.3) is 0 Å². The Morgan fingerprint density at radius 3 is 2.71 bits per heavy atom. The van der Waals surface area contributed by atoms with Gasteiger partial charge in [0.1, 0.15) is 5.75 Å². The highest BCUT2D eigenvalue weighted by atomic mass is 19.4. The summed E-state index contributed by atoms with van der Waals surface area (Å²) < 4.78 is 41.6. The van der Waals surface area contributed by atoms with Gasteiger partial charge in [0.25, 0.3) is 0 Å². The van der Waals surface area contributed by atoms with Gasteiger partial charge in [-0.05, 0) is 37.8 Å². The first kappa shape index (κ1) is 18.1. The van der Waals surface area contributed by atoms with E-state index in [1.807, 2.05) is 6.92 Å². The number of benzene rings is 1. The van der Waals surface area contributed by atoms with Gasteiger partial charge in [-0.15, -0.1) is 13.2 Å². The van der Waals surface area contributed by atoms with Crippen LogP contribution in [0.15, 0.2) is 24.3 Å². The van der Waals surface area contributed by atoms with E-state index in [0.29, 0.717) is 25.1 Å². The molecule has 0 spiro atoms. The average molecular weight is 340 g/mol. The molecule has 0 unspecified atom stereocenters. The number of hydrogen-bond acceptors (Lipinski definition) is 3. The topological polar surface area (TPSA) is 53.3 Å². The molecule has 1 aromatic rings. The number of rotatable bonds is 6. The zero-order valence-electron chi connectivity index (χ0n) is 13.5. The predicted octanol–water partition coefficient (Wildman–Crippen LogP) is 3.70. The second-order valence-corrected chi connectivity index (χ2v) is 5.94. The minimum absolute atomic E-state index is 0.119. The molecule has 1 aliphatic carbocycles. The molecular formula is C17H19F3N2O2. The summed E-state index contributed by atoms with van der Waals surface area (Å²) >= 11 is 0. The first-order valence-corrected chi connectivity index (χ1v) is 7.79. The van der Waals surface area contributed by atoms with Crippen molar-refractivity contribution in [2.24, 2.45) is 11.8 Å². The molecule has 0 saturated heterocycles. The molecule has 0 aliphatic heterocycles. The van der Waals surface area contributed by atoms with Gasteiger partial charge in [-0.25, -0.2) is 0 Å². The van der Waals surface area contributed by atoms with Gasteiger partial charge in [0, 0.05) is 19.0 Å². The van der Waals surface area contributed by atoms with Crippen molar-refractivity contribution in [2.45, 2.75) is 32.5 Å². The number of hydrogen-bond donors (Lipinski definition) is 0. The third kappa shape index (κ3) is 4.40. The Morgan fingerprint density at radius 2 is 2.12 bits per heavy atom. The van der Waals surface area contributed by atoms with Crippen LogP contribution in [-0.2, 0) is 4.79 Å². The van der Waals surface area contributed by atoms with Gasteiger partial charge in [0.05, 0.1) is 12.0 Å². The molecule has 0 aromatic heterocycles. The van der Waals surface area contributed by atoms with E-state index in [1.54, 1.807) is 24.0 Å². The lowest BCUT2D eigenvalue weighted by Crippen LogP contribution is -2.35. The highest BCUT2D eigenvalue weighted by Crippen LogP contribution is 2.51. The molecule has 1 aliphatic rings. The number of para-hydroxylation sites is 1. The van der Waals surface area contributed by atoms with E-state index in [0.717, 1.165) is 0 Å². The molecule has 130 valence electrons. The lowest BCUT2D eigenvalue weighted by atomic mass is 10.1. The van der Waals surface area contributed by atoms with Crippen LogP contribution in [-0.4, -0.2) is 30.3 Å². The van der Waals surface area contributed by atoms with Crippen LogP contribution in [0.1, 0.15) is 31.7 Å². The Hall–Kier alpha value is -2.23. The van der Waals surface area contributed by atoms with E-state index in [9.17, 15) is 18.0 Å². The molecule has 0 bridgehead atoms. The molecule has 4 nitrogen and oxygen atoms in total. The Morgan fingerprint density at radius 1 is 1.46 bits per heavy atom. The van der Waals surface area contributed by atoms with E-state index in [-0.39, 0.29) is 29.4 Å². The summed E-state index contributed by atoms with van der Waals surface area (Å²) in [6, 6.07) is 8.01. The van der Waals surface area contributed by atoms with Crippen molar-refractivity contribution >= 4 is 5.91 Å². The molecule has 0 heterocycles. The number of halogens is 3. The molecule has 0 radical (unpaired) electrons. The summed E-state index contributed by atoms with van der Waals surface area (Å²) in [4.78, 5) is 14.1. The second kappa shape index (κ2) is 7.12. The van der Waals surface area contributed by atoms with Crippen molar-refractivity contribution in [3.05, 3.63) is 29.8 Å². The summed E-state index contributed by atoms with van der Waals surface area (Å²) in [6.07, 6.45) is -4.27.